The highest BCUT2D eigenvalue weighted by Gasteiger charge is 2.27. The van der Waals surface area contributed by atoms with Gasteiger partial charge in [-0.1, -0.05) is 12.1 Å². The van der Waals surface area contributed by atoms with Crippen LogP contribution in [0.3, 0.4) is 0 Å². The van der Waals surface area contributed by atoms with Gasteiger partial charge >= 0.3 is 0 Å². The van der Waals surface area contributed by atoms with Crippen molar-refractivity contribution in [3.05, 3.63) is 83.4 Å². The quantitative estimate of drug-likeness (QED) is 0.621. The van der Waals surface area contributed by atoms with Gasteiger partial charge in [-0.05, 0) is 60.2 Å². The molecule has 1 aliphatic rings. The van der Waals surface area contributed by atoms with Crippen molar-refractivity contribution in [1.82, 2.24) is 0 Å². The Labute approximate surface area is 168 Å². The van der Waals surface area contributed by atoms with Crippen LogP contribution in [0, 0.1) is 0 Å². The van der Waals surface area contributed by atoms with E-state index in [1.807, 2.05) is 6.08 Å². The highest BCUT2D eigenvalue weighted by molar-refractivity contribution is 5.99. The third-order valence-corrected chi connectivity index (χ3v) is 4.91. The summed E-state index contributed by atoms with van der Waals surface area (Å²) in [6, 6.07) is 18.7. The average Bonchev–Trinajstić information content (AvgIpc) is 2.74. The number of carbonyl (C=O) groups excluding carboxylic acids is 1. The van der Waals surface area contributed by atoms with Gasteiger partial charge in [-0.25, -0.2) is 0 Å². The van der Waals surface area contributed by atoms with E-state index in [4.69, 9.17) is 9.47 Å². The van der Waals surface area contributed by atoms with Crippen LogP contribution in [-0.4, -0.2) is 29.2 Å². The van der Waals surface area contributed by atoms with Crippen molar-refractivity contribution < 1.29 is 24.5 Å². The minimum Gasteiger partial charge on any atom is -0.508 e. The Morgan fingerprint density at radius 1 is 0.966 bits per heavy atom. The Morgan fingerprint density at radius 3 is 2.34 bits per heavy atom. The minimum absolute atomic E-state index is 0.0639. The molecule has 0 aliphatic carbocycles. The molecule has 0 amide bonds. The van der Waals surface area contributed by atoms with E-state index in [0.29, 0.717) is 17.1 Å². The molecule has 0 saturated carbocycles. The number of rotatable bonds is 5. The van der Waals surface area contributed by atoms with E-state index in [1.165, 1.54) is 0 Å². The van der Waals surface area contributed by atoms with E-state index >= 15 is 0 Å². The molecule has 0 bridgehead atoms. The van der Waals surface area contributed by atoms with Crippen LogP contribution in [0.15, 0.2) is 66.7 Å². The normalized spacial score (nSPS) is 15.1. The number of hydrogen-bond donors (Lipinski definition) is 2. The number of phenolic OH excluding ortho intramolecular Hbond substituents is 2. The van der Waals surface area contributed by atoms with Crippen molar-refractivity contribution in [2.75, 3.05) is 7.11 Å². The van der Waals surface area contributed by atoms with Gasteiger partial charge in [0.05, 0.1) is 13.5 Å². The first-order valence-corrected chi connectivity index (χ1v) is 9.21. The Morgan fingerprint density at radius 2 is 1.66 bits per heavy atom. The maximum absolute atomic E-state index is 12.9. The summed E-state index contributed by atoms with van der Waals surface area (Å²) in [7, 11) is 1.58. The maximum atomic E-state index is 12.9. The summed E-state index contributed by atoms with van der Waals surface area (Å²) in [6.45, 7) is 0. The molecule has 0 saturated heterocycles. The summed E-state index contributed by atoms with van der Waals surface area (Å²) in [5, 5.41) is 19.4. The monoisotopic (exact) mass is 388 g/mol. The molecule has 3 aromatic carbocycles. The molecule has 4 rings (SSSR count). The van der Waals surface area contributed by atoms with Crippen LogP contribution in [0.1, 0.15) is 27.9 Å². The molecule has 1 unspecified atom stereocenters. The standard InChI is InChI=1S/C24H20O5/c1-28-20-10-5-16(6-11-20)22(27)14-24-21(15-2-7-18(25)8-3-15)12-17-4-9-19(26)13-23(17)29-24/h2-13,24-26H,14H2,1H3. The average molecular weight is 388 g/mol. The SMILES string of the molecule is COc1ccc(C(=O)CC2Oc3cc(O)ccc3C=C2c2ccc(O)cc2)cc1. The van der Waals surface area contributed by atoms with Crippen LogP contribution in [0.2, 0.25) is 0 Å². The second-order valence-corrected chi connectivity index (χ2v) is 6.83. The molecule has 29 heavy (non-hydrogen) atoms. The van der Waals surface area contributed by atoms with E-state index in [9.17, 15) is 15.0 Å². The zero-order valence-electron chi connectivity index (χ0n) is 15.8. The van der Waals surface area contributed by atoms with Gasteiger partial charge in [-0.3, -0.25) is 4.79 Å². The number of phenols is 2. The summed E-state index contributed by atoms with van der Waals surface area (Å²) in [5.41, 5.74) is 3.08. The Kier molecular flexibility index (Phi) is 4.96. The van der Waals surface area contributed by atoms with Gasteiger partial charge in [0.25, 0.3) is 0 Å². The summed E-state index contributed by atoms with van der Waals surface area (Å²) >= 11 is 0. The lowest BCUT2D eigenvalue weighted by molar-refractivity contribution is 0.0939. The zero-order chi connectivity index (χ0) is 20.4. The lowest BCUT2D eigenvalue weighted by atomic mass is 9.91. The molecule has 0 fully saturated rings. The largest absolute Gasteiger partial charge is 0.508 e. The minimum atomic E-state index is -0.525. The number of Topliss-reactive ketones (excluding diaryl/α,β-unsaturated/α-hetero) is 1. The fourth-order valence-corrected chi connectivity index (χ4v) is 3.36. The maximum Gasteiger partial charge on any atom is 0.166 e. The summed E-state index contributed by atoms with van der Waals surface area (Å²) in [5.74, 6) is 1.42. The second-order valence-electron chi connectivity index (χ2n) is 6.83. The van der Waals surface area contributed by atoms with Crippen LogP contribution in [0.25, 0.3) is 11.6 Å². The molecule has 0 radical (unpaired) electrons. The number of methoxy groups -OCH3 is 1. The summed E-state index contributed by atoms with van der Waals surface area (Å²) in [4.78, 5) is 12.9. The van der Waals surface area contributed by atoms with Crippen molar-refractivity contribution in [3.8, 4) is 23.0 Å². The van der Waals surface area contributed by atoms with Crippen LogP contribution < -0.4 is 9.47 Å². The van der Waals surface area contributed by atoms with Crippen molar-refractivity contribution >= 4 is 17.4 Å². The second kappa shape index (κ2) is 7.72. The molecular weight excluding hydrogens is 368 g/mol. The molecule has 2 N–H and O–H groups in total. The first-order chi connectivity index (χ1) is 14.0. The third-order valence-electron chi connectivity index (χ3n) is 4.91. The zero-order valence-corrected chi connectivity index (χ0v) is 15.8. The molecule has 3 aromatic rings. The van der Waals surface area contributed by atoms with Crippen molar-refractivity contribution in [2.45, 2.75) is 12.5 Å². The first-order valence-electron chi connectivity index (χ1n) is 9.21. The lowest BCUT2D eigenvalue weighted by Gasteiger charge is -2.27. The number of benzene rings is 3. The Bertz CT molecular complexity index is 1070. The lowest BCUT2D eigenvalue weighted by Crippen LogP contribution is -2.25. The smallest absolute Gasteiger partial charge is 0.166 e. The molecule has 1 atom stereocenters. The molecule has 5 nitrogen and oxygen atoms in total. The number of ketones is 1. The van der Waals surface area contributed by atoms with E-state index in [0.717, 1.165) is 16.7 Å². The highest BCUT2D eigenvalue weighted by Crippen LogP contribution is 2.38. The predicted molar refractivity (Wildman–Crippen MR) is 110 cm³/mol. The van der Waals surface area contributed by atoms with Gasteiger partial charge in [0.15, 0.2) is 5.78 Å². The predicted octanol–water partition coefficient (Wildman–Crippen LogP) is 4.68. The topological polar surface area (TPSA) is 76.0 Å². The Hall–Kier alpha value is -3.73. The first kappa shape index (κ1) is 18.6. The molecule has 1 aliphatic heterocycles. The molecule has 5 heteroatoms. The van der Waals surface area contributed by atoms with Gasteiger partial charge in [-0.15, -0.1) is 0 Å². The molecular formula is C24H20O5. The fraction of sp³-hybridized carbons (Fsp3) is 0.125. The van der Waals surface area contributed by atoms with E-state index in [2.05, 4.69) is 0 Å². The third kappa shape index (κ3) is 3.94. The molecule has 146 valence electrons. The number of fused-ring (bicyclic) bond motifs is 1. The molecule has 0 spiro atoms. The van der Waals surface area contributed by atoms with E-state index < -0.39 is 6.10 Å². The van der Waals surface area contributed by atoms with E-state index in [1.54, 1.807) is 73.8 Å². The van der Waals surface area contributed by atoms with Gasteiger partial charge in [0.2, 0.25) is 0 Å². The van der Waals surface area contributed by atoms with Crippen LogP contribution in [0.4, 0.5) is 0 Å². The molecule has 0 aromatic heterocycles. The van der Waals surface area contributed by atoms with Crippen molar-refractivity contribution in [2.24, 2.45) is 0 Å². The number of ether oxygens (including phenoxy) is 2. The number of aromatic hydroxyl groups is 2. The fourth-order valence-electron chi connectivity index (χ4n) is 3.36. The van der Waals surface area contributed by atoms with E-state index in [-0.39, 0.29) is 23.7 Å². The van der Waals surface area contributed by atoms with Crippen LogP contribution in [-0.2, 0) is 0 Å². The van der Waals surface area contributed by atoms with Gasteiger partial charge in [-0.2, -0.15) is 0 Å². The van der Waals surface area contributed by atoms with Crippen molar-refractivity contribution in [3.63, 3.8) is 0 Å². The van der Waals surface area contributed by atoms with Crippen LogP contribution in [0.5, 0.6) is 23.0 Å². The van der Waals surface area contributed by atoms with Gasteiger partial charge in [0, 0.05) is 22.8 Å². The van der Waals surface area contributed by atoms with Crippen LogP contribution >= 0.6 is 0 Å². The van der Waals surface area contributed by atoms with Gasteiger partial charge < -0.3 is 19.7 Å². The highest BCUT2D eigenvalue weighted by atomic mass is 16.5. The number of carbonyl (C=O) groups is 1. The Balaban J connectivity index is 1.67. The van der Waals surface area contributed by atoms with Gasteiger partial charge in [0.1, 0.15) is 29.1 Å². The summed E-state index contributed by atoms with van der Waals surface area (Å²) in [6.07, 6.45) is 1.56. The van der Waals surface area contributed by atoms with Crippen molar-refractivity contribution in [1.29, 1.82) is 0 Å². The number of hydrogen-bond acceptors (Lipinski definition) is 5. The molecule has 1 heterocycles. The summed E-state index contributed by atoms with van der Waals surface area (Å²) < 4.78 is 11.3.